The van der Waals surface area contributed by atoms with Crippen LogP contribution in [0.2, 0.25) is 0 Å². The predicted octanol–water partition coefficient (Wildman–Crippen LogP) is 1.56. The third-order valence-electron chi connectivity index (χ3n) is 2.25. The van der Waals surface area contributed by atoms with Gasteiger partial charge in [-0.1, -0.05) is 6.08 Å². The Hall–Kier alpha value is -0.350. The maximum atomic E-state index is 10.7. The highest BCUT2D eigenvalue weighted by molar-refractivity contribution is 7.85. The zero-order valence-electron chi connectivity index (χ0n) is 7.90. The molecule has 0 amide bonds. The van der Waals surface area contributed by atoms with Crippen molar-refractivity contribution < 1.29 is 12.6 Å². The minimum atomic E-state index is -3.28. The number of hydrogen-bond donors (Lipinski definition) is 0. The molecule has 1 fully saturated rings. The summed E-state index contributed by atoms with van der Waals surface area (Å²) in [7, 11) is -3.28. The van der Waals surface area contributed by atoms with Crippen molar-refractivity contribution in [3.63, 3.8) is 0 Å². The molecule has 0 N–H and O–H groups in total. The Labute approximate surface area is 79.9 Å². The van der Waals surface area contributed by atoms with Crippen LogP contribution in [-0.4, -0.2) is 21.3 Å². The van der Waals surface area contributed by atoms with E-state index in [-0.39, 0.29) is 0 Å². The molecule has 0 bridgehead atoms. The lowest BCUT2D eigenvalue weighted by Gasteiger charge is -2.12. The number of rotatable bonds is 6. The maximum Gasteiger partial charge on any atom is 0.264 e. The van der Waals surface area contributed by atoms with Crippen LogP contribution in [0.1, 0.15) is 19.3 Å². The van der Waals surface area contributed by atoms with E-state index >= 15 is 0 Å². The van der Waals surface area contributed by atoms with Crippen molar-refractivity contribution >= 4 is 10.1 Å². The summed E-state index contributed by atoms with van der Waals surface area (Å²) in [6, 6.07) is 0. The Kier molecular flexibility index (Phi) is 3.50. The number of allylic oxidation sites excluding steroid dienone is 1. The van der Waals surface area contributed by atoms with Crippen LogP contribution in [0.25, 0.3) is 0 Å². The van der Waals surface area contributed by atoms with Gasteiger partial charge in [0, 0.05) is 0 Å². The van der Waals surface area contributed by atoms with E-state index in [9.17, 15) is 8.42 Å². The van der Waals surface area contributed by atoms with Crippen LogP contribution in [0.15, 0.2) is 12.7 Å². The van der Waals surface area contributed by atoms with Crippen molar-refractivity contribution in [3.05, 3.63) is 12.7 Å². The second kappa shape index (κ2) is 4.24. The van der Waals surface area contributed by atoms with Crippen LogP contribution in [0, 0.1) is 11.8 Å². The SMILES string of the molecule is C=CC[C@H](COS(C)(=O)=O)C1CC1. The fourth-order valence-electron chi connectivity index (χ4n) is 1.39. The van der Waals surface area contributed by atoms with Gasteiger partial charge in [-0.25, -0.2) is 0 Å². The van der Waals surface area contributed by atoms with E-state index in [0.717, 1.165) is 12.7 Å². The summed E-state index contributed by atoms with van der Waals surface area (Å²) in [5, 5.41) is 0. The van der Waals surface area contributed by atoms with Crippen molar-refractivity contribution in [2.45, 2.75) is 19.3 Å². The smallest absolute Gasteiger partial charge is 0.264 e. The molecule has 1 saturated carbocycles. The van der Waals surface area contributed by atoms with E-state index in [1.807, 2.05) is 6.08 Å². The molecule has 0 radical (unpaired) electrons. The largest absolute Gasteiger partial charge is 0.270 e. The lowest BCUT2D eigenvalue weighted by molar-refractivity contribution is 0.240. The van der Waals surface area contributed by atoms with Gasteiger partial charge < -0.3 is 0 Å². The van der Waals surface area contributed by atoms with E-state index in [4.69, 9.17) is 4.18 Å². The van der Waals surface area contributed by atoms with Crippen LogP contribution in [0.4, 0.5) is 0 Å². The molecule has 0 spiro atoms. The van der Waals surface area contributed by atoms with Crippen LogP contribution >= 0.6 is 0 Å². The molecule has 1 rings (SSSR count). The summed E-state index contributed by atoms with van der Waals surface area (Å²) in [5.41, 5.74) is 0. The summed E-state index contributed by atoms with van der Waals surface area (Å²) in [6.45, 7) is 3.97. The van der Waals surface area contributed by atoms with E-state index in [1.165, 1.54) is 12.8 Å². The fraction of sp³-hybridized carbons (Fsp3) is 0.778. The van der Waals surface area contributed by atoms with Gasteiger partial charge >= 0.3 is 0 Å². The third kappa shape index (κ3) is 4.43. The van der Waals surface area contributed by atoms with E-state index in [2.05, 4.69) is 6.58 Å². The Morgan fingerprint density at radius 2 is 2.23 bits per heavy atom. The molecule has 0 aliphatic heterocycles. The van der Waals surface area contributed by atoms with E-state index < -0.39 is 10.1 Å². The lowest BCUT2D eigenvalue weighted by Crippen LogP contribution is -2.14. The molecular weight excluding hydrogens is 188 g/mol. The molecule has 0 saturated heterocycles. The first-order valence-electron chi connectivity index (χ1n) is 4.48. The van der Waals surface area contributed by atoms with E-state index in [1.54, 1.807) is 0 Å². The molecule has 1 aliphatic carbocycles. The summed E-state index contributed by atoms with van der Waals surface area (Å²) >= 11 is 0. The molecular formula is C9H16O3S. The molecule has 3 nitrogen and oxygen atoms in total. The minimum absolute atomic E-state index is 0.315. The summed E-state index contributed by atoms with van der Waals surface area (Å²) < 4.78 is 26.2. The van der Waals surface area contributed by atoms with Crippen molar-refractivity contribution in [1.29, 1.82) is 0 Å². The van der Waals surface area contributed by atoms with Gasteiger partial charge in [-0.15, -0.1) is 6.58 Å². The summed E-state index contributed by atoms with van der Waals surface area (Å²) in [4.78, 5) is 0. The summed E-state index contributed by atoms with van der Waals surface area (Å²) in [5.74, 6) is 0.993. The van der Waals surface area contributed by atoms with Crippen molar-refractivity contribution in [1.82, 2.24) is 0 Å². The van der Waals surface area contributed by atoms with Crippen molar-refractivity contribution in [2.75, 3.05) is 12.9 Å². The minimum Gasteiger partial charge on any atom is -0.270 e. The standard InChI is InChI=1S/C9H16O3S/c1-3-4-9(8-5-6-8)7-12-13(2,10)11/h3,8-9H,1,4-7H2,2H3/t9-/m1/s1. The van der Waals surface area contributed by atoms with E-state index in [0.29, 0.717) is 18.4 Å². The highest BCUT2D eigenvalue weighted by Gasteiger charge is 2.30. The molecule has 0 aromatic carbocycles. The normalized spacial score (nSPS) is 19.8. The maximum absolute atomic E-state index is 10.7. The van der Waals surface area contributed by atoms with Gasteiger partial charge in [0.15, 0.2) is 0 Å². The van der Waals surface area contributed by atoms with Gasteiger partial charge in [0.05, 0.1) is 12.9 Å². The van der Waals surface area contributed by atoms with Crippen LogP contribution in [0.3, 0.4) is 0 Å². The van der Waals surface area contributed by atoms with Crippen LogP contribution < -0.4 is 0 Å². The zero-order valence-corrected chi connectivity index (χ0v) is 8.72. The van der Waals surface area contributed by atoms with Crippen molar-refractivity contribution in [3.8, 4) is 0 Å². The fourth-order valence-corrected chi connectivity index (χ4v) is 1.81. The quantitative estimate of drug-likeness (QED) is 0.487. The van der Waals surface area contributed by atoms with Gasteiger partial charge in [0.1, 0.15) is 0 Å². The van der Waals surface area contributed by atoms with Gasteiger partial charge in [-0.05, 0) is 31.1 Å². The molecule has 0 aromatic heterocycles. The van der Waals surface area contributed by atoms with Gasteiger partial charge in [0.2, 0.25) is 0 Å². The Bertz CT molecular complexity index is 265. The molecule has 1 atom stereocenters. The highest BCUT2D eigenvalue weighted by atomic mass is 32.2. The first-order chi connectivity index (χ1) is 6.03. The monoisotopic (exact) mass is 204 g/mol. The first kappa shape index (κ1) is 10.7. The molecule has 0 heterocycles. The average Bonchev–Trinajstić information content (AvgIpc) is 2.78. The second-order valence-electron chi connectivity index (χ2n) is 3.61. The zero-order chi connectivity index (χ0) is 9.90. The van der Waals surface area contributed by atoms with Crippen molar-refractivity contribution in [2.24, 2.45) is 11.8 Å². The second-order valence-corrected chi connectivity index (χ2v) is 5.25. The Balaban J connectivity index is 2.34. The Morgan fingerprint density at radius 1 is 1.62 bits per heavy atom. The third-order valence-corrected chi connectivity index (χ3v) is 2.82. The van der Waals surface area contributed by atoms with Gasteiger partial charge in [-0.3, -0.25) is 4.18 Å². The molecule has 1 aliphatic rings. The van der Waals surface area contributed by atoms with Gasteiger partial charge in [-0.2, -0.15) is 8.42 Å². The Morgan fingerprint density at radius 3 is 2.62 bits per heavy atom. The van der Waals surface area contributed by atoms with Crippen LogP contribution in [0.5, 0.6) is 0 Å². The molecule has 0 aromatic rings. The predicted molar refractivity (Wildman–Crippen MR) is 51.8 cm³/mol. The molecule has 4 heteroatoms. The topological polar surface area (TPSA) is 43.4 Å². The molecule has 76 valence electrons. The highest BCUT2D eigenvalue weighted by Crippen LogP contribution is 2.38. The number of hydrogen-bond acceptors (Lipinski definition) is 3. The summed E-state index contributed by atoms with van der Waals surface area (Å²) in [6.07, 6.45) is 6.16. The first-order valence-corrected chi connectivity index (χ1v) is 6.30. The average molecular weight is 204 g/mol. The molecule has 13 heavy (non-hydrogen) atoms. The lowest BCUT2D eigenvalue weighted by atomic mass is 10.0. The molecule has 0 unspecified atom stereocenters. The van der Waals surface area contributed by atoms with Gasteiger partial charge in [0.25, 0.3) is 10.1 Å². The van der Waals surface area contributed by atoms with Crippen LogP contribution in [-0.2, 0) is 14.3 Å².